The lowest BCUT2D eigenvalue weighted by Gasteiger charge is -2.15. The van der Waals surface area contributed by atoms with Crippen LogP contribution in [0.3, 0.4) is 0 Å². The molecular formula is C26H25ClN2O3S. The Morgan fingerprint density at radius 1 is 1.30 bits per heavy atom. The van der Waals surface area contributed by atoms with E-state index in [4.69, 9.17) is 20.8 Å². The molecule has 5 rings (SSSR count). The molecule has 0 spiro atoms. The van der Waals surface area contributed by atoms with E-state index in [-0.39, 0.29) is 5.91 Å². The lowest BCUT2D eigenvalue weighted by Crippen LogP contribution is -2.08. The highest BCUT2D eigenvalue weighted by Crippen LogP contribution is 2.41. The largest absolute Gasteiger partial charge is 0.493 e. The van der Waals surface area contributed by atoms with Crippen LogP contribution in [0.15, 0.2) is 34.8 Å². The van der Waals surface area contributed by atoms with Gasteiger partial charge in [0, 0.05) is 39.6 Å². The number of thiazole rings is 1. The fourth-order valence-corrected chi connectivity index (χ4v) is 5.67. The minimum Gasteiger partial charge on any atom is -0.493 e. The molecule has 1 amide bonds. The summed E-state index contributed by atoms with van der Waals surface area (Å²) in [4.78, 5) is 17.3. The summed E-state index contributed by atoms with van der Waals surface area (Å²) in [6.07, 6.45) is 5.95. The third-order valence-corrected chi connectivity index (χ3v) is 7.24. The number of ether oxygens (including phenoxy) is 1. The second kappa shape index (κ2) is 8.84. The van der Waals surface area contributed by atoms with Gasteiger partial charge in [-0.05, 0) is 69.9 Å². The summed E-state index contributed by atoms with van der Waals surface area (Å²) in [6.45, 7) is 6.47. The topological polar surface area (TPSA) is 64.4 Å². The number of benzene rings is 2. The molecule has 1 aliphatic carbocycles. The fraction of sp³-hybridized carbons (Fsp3) is 0.308. The van der Waals surface area contributed by atoms with Gasteiger partial charge in [0.2, 0.25) is 5.91 Å². The second-order valence-corrected chi connectivity index (χ2v) is 9.81. The Bertz CT molecular complexity index is 1420. The van der Waals surface area contributed by atoms with E-state index in [1.54, 1.807) is 12.1 Å². The number of rotatable bonds is 5. The van der Waals surface area contributed by atoms with Crippen LogP contribution >= 0.6 is 22.9 Å². The van der Waals surface area contributed by atoms with E-state index in [0.29, 0.717) is 16.8 Å². The van der Waals surface area contributed by atoms with E-state index in [1.165, 1.54) is 23.3 Å². The van der Waals surface area contributed by atoms with Crippen molar-refractivity contribution < 1.29 is 13.9 Å². The van der Waals surface area contributed by atoms with Crippen molar-refractivity contribution in [2.45, 2.75) is 46.5 Å². The second-order valence-electron chi connectivity index (χ2n) is 8.35. The van der Waals surface area contributed by atoms with Crippen LogP contribution in [-0.4, -0.2) is 17.5 Å². The number of carbonyl (C=O) groups is 1. The van der Waals surface area contributed by atoms with Gasteiger partial charge in [0.1, 0.15) is 17.1 Å². The molecule has 5 nitrogen and oxygen atoms in total. The molecule has 0 saturated carbocycles. The fourth-order valence-electron chi connectivity index (χ4n) is 4.53. The molecular weight excluding hydrogens is 456 g/mol. The maximum atomic E-state index is 12.8. The predicted octanol–water partition coefficient (Wildman–Crippen LogP) is 7.32. The molecule has 1 aliphatic rings. The lowest BCUT2D eigenvalue weighted by atomic mass is 9.93. The first-order valence-corrected chi connectivity index (χ1v) is 12.4. The van der Waals surface area contributed by atoms with Crippen molar-refractivity contribution in [2.24, 2.45) is 0 Å². The number of carbonyl (C=O) groups excluding carboxylic acids is 1. The summed E-state index contributed by atoms with van der Waals surface area (Å²) < 4.78 is 13.2. The van der Waals surface area contributed by atoms with E-state index in [2.05, 4.69) is 16.4 Å². The SMILES string of the molecule is CCOc1c(/C(C)=C/C(=O)Nc2nc3ccc(Cl)cc3s2)cc2c3c(oc2c1C)CCCC3. The van der Waals surface area contributed by atoms with Crippen LogP contribution in [0.2, 0.25) is 5.02 Å². The van der Waals surface area contributed by atoms with Crippen LogP contribution < -0.4 is 10.1 Å². The summed E-state index contributed by atoms with van der Waals surface area (Å²) >= 11 is 7.47. The van der Waals surface area contributed by atoms with Gasteiger partial charge in [0.25, 0.3) is 0 Å². The standard InChI is InChI=1S/C26H25ClN2O3S/c1-4-31-24-15(3)25-19(17-7-5-6-8-21(17)32-25)13-18(24)14(2)11-23(30)29-26-28-20-10-9-16(27)12-22(20)33-26/h9-13H,4-8H2,1-3H3,(H,28,29,30)/b14-11+. The third-order valence-electron chi connectivity index (χ3n) is 6.07. The van der Waals surface area contributed by atoms with Crippen molar-refractivity contribution in [3.05, 3.63) is 57.8 Å². The van der Waals surface area contributed by atoms with Crippen molar-refractivity contribution in [3.63, 3.8) is 0 Å². The maximum Gasteiger partial charge on any atom is 0.250 e. The number of nitrogens with one attached hydrogen (secondary N) is 1. The summed E-state index contributed by atoms with van der Waals surface area (Å²) in [5.41, 5.74) is 5.74. The summed E-state index contributed by atoms with van der Waals surface area (Å²) in [5, 5.41) is 5.22. The zero-order valence-corrected chi connectivity index (χ0v) is 20.5. The first kappa shape index (κ1) is 22.0. The van der Waals surface area contributed by atoms with E-state index >= 15 is 0 Å². The molecule has 0 unspecified atom stereocenters. The number of fused-ring (bicyclic) bond motifs is 4. The number of aromatic nitrogens is 1. The summed E-state index contributed by atoms with van der Waals surface area (Å²) in [7, 11) is 0. The highest BCUT2D eigenvalue weighted by molar-refractivity contribution is 7.22. The van der Waals surface area contributed by atoms with E-state index in [9.17, 15) is 4.79 Å². The minimum absolute atomic E-state index is 0.230. The maximum absolute atomic E-state index is 12.8. The number of amides is 1. The molecule has 170 valence electrons. The molecule has 2 heterocycles. The Labute approximate surface area is 201 Å². The number of halogens is 1. The zero-order chi connectivity index (χ0) is 23.1. The van der Waals surface area contributed by atoms with Gasteiger partial charge in [-0.2, -0.15) is 0 Å². The molecule has 2 aromatic carbocycles. The van der Waals surface area contributed by atoms with Gasteiger partial charge in [-0.15, -0.1) is 0 Å². The Morgan fingerprint density at radius 2 is 2.12 bits per heavy atom. The normalized spacial score (nSPS) is 14.0. The van der Waals surface area contributed by atoms with Gasteiger partial charge >= 0.3 is 0 Å². The number of anilines is 1. The van der Waals surface area contributed by atoms with Crippen LogP contribution in [0.4, 0.5) is 5.13 Å². The summed E-state index contributed by atoms with van der Waals surface area (Å²) in [5.74, 6) is 1.63. The molecule has 4 aromatic rings. The molecule has 1 N–H and O–H groups in total. The van der Waals surface area contributed by atoms with Crippen molar-refractivity contribution in [2.75, 3.05) is 11.9 Å². The molecule has 0 saturated heterocycles. The average Bonchev–Trinajstić information content (AvgIpc) is 3.35. The number of hydrogen-bond acceptors (Lipinski definition) is 5. The van der Waals surface area contributed by atoms with Crippen LogP contribution in [0.1, 0.15) is 49.1 Å². The molecule has 0 fully saturated rings. The Hall–Kier alpha value is -2.83. The average molecular weight is 481 g/mol. The molecule has 2 aromatic heterocycles. The Balaban J connectivity index is 1.50. The van der Waals surface area contributed by atoms with E-state index in [0.717, 1.165) is 68.7 Å². The van der Waals surface area contributed by atoms with Crippen LogP contribution in [0.25, 0.3) is 26.8 Å². The van der Waals surface area contributed by atoms with Gasteiger partial charge in [-0.1, -0.05) is 22.9 Å². The van der Waals surface area contributed by atoms with E-state index < -0.39 is 0 Å². The quantitative estimate of drug-likeness (QED) is 0.304. The highest BCUT2D eigenvalue weighted by Gasteiger charge is 2.23. The first-order chi connectivity index (χ1) is 15.9. The highest BCUT2D eigenvalue weighted by atomic mass is 35.5. The molecule has 33 heavy (non-hydrogen) atoms. The van der Waals surface area contributed by atoms with Gasteiger partial charge in [-0.3, -0.25) is 10.1 Å². The van der Waals surface area contributed by atoms with Gasteiger partial charge in [-0.25, -0.2) is 4.98 Å². The van der Waals surface area contributed by atoms with Crippen LogP contribution in [0.5, 0.6) is 5.75 Å². The molecule has 7 heteroatoms. The van der Waals surface area contributed by atoms with Crippen molar-refractivity contribution in [3.8, 4) is 5.75 Å². The molecule has 0 aliphatic heterocycles. The smallest absolute Gasteiger partial charge is 0.250 e. The van der Waals surface area contributed by atoms with Crippen LogP contribution in [-0.2, 0) is 17.6 Å². The van der Waals surface area contributed by atoms with E-state index in [1.807, 2.05) is 32.9 Å². The number of nitrogens with zero attached hydrogens (tertiary/aromatic N) is 1. The van der Waals surface area contributed by atoms with Crippen LogP contribution in [0, 0.1) is 6.92 Å². The number of aryl methyl sites for hydroxylation is 3. The number of hydrogen-bond donors (Lipinski definition) is 1. The first-order valence-electron chi connectivity index (χ1n) is 11.2. The zero-order valence-electron chi connectivity index (χ0n) is 18.9. The predicted molar refractivity (Wildman–Crippen MR) is 136 cm³/mol. The third kappa shape index (κ3) is 4.13. The monoisotopic (exact) mass is 480 g/mol. The van der Waals surface area contributed by atoms with Gasteiger partial charge < -0.3 is 9.15 Å². The lowest BCUT2D eigenvalue weighted by molar-refractivity contribution is -0.111. The molecule has 0 bridgehead atoms. The van der Waals surface area contributed by atoms with Crippen molar-refractivity contribution in [1.82, 2.24) is 4.98 Å². The van der Waals surface area contributed by atoms with Crippen molar-refractivity contribution in [1.29, 1.82) is 0 Å². The van der Waals surface area contributed by atoms with Gasteiger partial charge in [0.15, 0.2) is 5.13 Å². The molecule has 0 atom stereocenters. The Kier molecular flexibility index (Phi) is 5.89. The van der Waals surface area contributed by atoms with Gasteiger partial charge in [0.05, 0.1) is 16.8 Å². The summed E-state index contributed by atoms with van der Waals surface area (Å²) in [6, 6.07) is 7.62. The minimum atomic E-state index is -0.230. The number of furan rings is 1. The Morgan fingerprint density at radius 3 is 2.94 bits per heavy atom. The number of allylic oxidation sites excluding steroid dienone is 1. The molecule has 0 radical (unpaired) electrons. The van der Waals surface area contributed by atoms with Crippen molar-refractivity contribution >= 4 is 60.7 Å².